The summed E-state index contributed by atoms with van der Waals surface area (Å²) in [6, 6.07) is 0. The van der Waals surface area contributed by atoms with Crippen LogP contribution in [0.3, 0.4) is 0 Å². The first kappa shape index (κ1) is 62.4. The molecule has 0 aromatic carbocycles. The number of hydrogen-bond donors (Lipinski definition) is 0. The third-order valence-corrected chi connectivity index (χ3v) is 12.3. The Morgan fingerprint density at radius 1 is 0.308 bits per heavy atom. The van der Waals surface area contributed by atoms with Crippen molar-refractivity contribution in [1.82, 2.24) is 0 Å². The lowest BCUT2D eigenvalue weighted by Gasteiger charge is -2.18. The van der Waals surface area contributed by atoms with Crippen LogP contribution in [0.2, 0.25) is 0 Å². The third kappa shape index (κ3) is 52.2. The maximum absolute atomic E-state index is 12.8. The van der Waals surface area contributed by atoms with Crippen LogP contribution in [0.15, 0.2) is 48.6 Å². The lowest BCUT2D eigenvalue weighted by molar-refractivity contribution is -0.167. The van der Waals surface area contributed by atoms with E-state index in [1.54, 1.807) is 0 Å². The van der Waals surface area contributed by atoms with Crippen LogP contribution < -0.4 is 0 Å². The number of esters is 3. The number of allylic oxidation sites excluding steroid dienone is 8. The molecule has 0 saturated carbocycles. The van der Waals surface area contributed by atoms with Crippen molar-refractivity contribution in [3.8, 4) is 0 Å². The number of rotatable bonds is 51. The van der Waals surface area contributed by atoms with Crippen LogP contribution in [0, 0.1) is 0 Å². The minimum atomic E-state index is -0.794. The Kier molecular flexibility index (Phi) is 51.8. The van der Waals surface area contributed by atoms with Crippen molar-refractivity contribution in [3.63, 3.8) is 0 Å². The minimum absolute atomic E-state index is 0.0904. The Morgan fingerprint density at radius 2 is 0.569 bits per heavy atom. The van der Waals surface area contributed by atoms with Crippen LogP contribution in [-0.4, -0.2) is 37.2 Å². The Morgan fingerprint density at radius 3 is 0.954 bits per heavy atom. The summed E-state index contributed by atoms with van der Waals surface area (Å²) in [5.74, 6) is -0.940. The van der Waals surface area contributed by atoms with E-state index in [9.17, 15) is 14.4 Å². The fourth-order valence-electron chi connectivity index (χ4n) is 8.04. The fourth-order valence-corrected chi connectivity index (χ4v) is 8.04. The first-order chi connectivity index (χ1) is 32.0. The minimum Gasteiger partial charge on any atom is -0.462 e. The molecule has 0 fully saturated rings. The van der Waals surface area contributed by atoms with Crippen molar-refractivity contribution in [2.75, 3.05) is 13.2 Å². The highest BCUT2D eigenvalue weighted by atomic mass is 16.6. The molecule has 0 heterocycles. The zero-order valence-electron chi connectivity index (χ0n) is 43.3. The molecule has 0 saturated heterocycles. The van der Waals surface area contributed by atoms with Gasteiger partial charge in [-0.2, -0.15) is 0 Å². The van der Waals surface area contributed by atoms with Gasteiger partial charge in [0.05, 0.1) is 0 Å². The molecule has 378 valence electrons. The van der Waals surface area contributed by atoms with Gasteiger partial charge >= 0.3 is 17.9 Å². The van der Waals surface area contributed by atoms with E-state index < -0.39 is 6.10 Å². The van der Waals surface area contributed by atoms with Crippen molar-refractivity contribution in [3.05, 3.63) is 48.6 Å². The van der Waals surface area contributed by atoms with Crippen LogP contribution >= 0.6 is 0 Å². The molecule has 0 aromatic heterocycles. The lowest BCUT2D eigenvalue weighted by atomic mass is 10.0. The lowest BCUT2D eigenvalue weighted by Crippen LogP contribution is -2.30. The molecule has 0 N–H and O–H groups in total. The summed E-state index contributed by atoms with van der Waals surface area (Å²) in [5.41, 5.74) is 0. The van der Waals surface area contributed by atoms with Gasteiger partial charge in [-0.3, -0.25) is 14.4 Å². The molecule has 0 radical (unpaired) electrons. The molecule has 1 atom stereocenters. The van der Waals surface area contributed by atoms with Gasteiger partial charge in [-0.05, 0) is 77.0 Å². The number of carbonyl (C=O) groups excluding carboxylic acids is 3. The van der Waals surface area contributed by atoms with Crippen molar-refractivity contribution < 1.29 is 28.6 Å². The second kappa shape index (κ2) is 54.0. The molecule has 0 aliphatic heterocycles. The van der Waals surface area contributed by atoms with Gasteiger partial charge in [0.1, 0.15) is 13.2 Å². The smallest absolute Gasteiger partial charge is 0.306 e. The van der Waals surface area contributed by atoms with Crippen molar-refractivity contribution >= 4 is 17.9 Å². The van der Waals surface area contributed by atoms with E-state index >= 15 is 0 Å². The molecular weight excluding hydrogens is 805 g/mol. The van der Waals surface area contributed by atoms with Gasteiger partial charge in [-0.15, -0.1) is 0 Å². The van der Waals surface area contributed by atoms with Gasteiger partial charge in [-0.25, -0.2) is 0 Å². The predicted molar refractivity (Wildman–Crippen MR) is 279 cm³/mol. The van der Waals surface area contributed by atoms with E-state index in [2.05, 4.69) is 69.4 Å². The standard InChI is InChI=1S/C59H106O6/c1-4-7-10-13-16-19-22-25-27-29-31-34-37-40-43-46-49-52-58(61)64-55-56(54-63-57(60)51-48-45-42-39-36-33-24-21-18-15-12-9-6-3)65-59(62)53-50-47-44-41-38-35-32-30-28-26-23-20-17-14-11-8-5-2/h21,24-25,27,31,34,40,43,56H,4-20,22-23,26,28-30,32-33,35-39,41-42,44-55H2,1-3H3/b24-21-,27-25-,34-31-,43-40-/t56-/m0/s1. The molecule has 0 aromatic rings. The highest BCUT2D eigenvalue weighted by molar-refractivity contribution is 5.71. The summed E-state index contributed by atoms with van der Waals surface area (Å²) in [5, 5.41) is 0. The summed E-state index contributed by atoms with van der Waals surface area (Å²) in [4.78, 5) is 38.1. The molecule has 6 nitrogen and oxygen atoms in total. The number of unbranched alkanes of at least 4 members (excludes halogenated alkanes) is 32. The molecule has 0 unspecified atom stereocenters. The fraction of sp³-hybridized carbons (Fsp3) is 0.814. The third-order valence-electron chi connectivity index (χ3n) is 12.3. The molecular formula is C59H106O6. The summed E-state index contributed by atoms with van der Waals surface area (Å²) in [6.45, 7) is 6.60. The highest BCUT2D eigenvalue weighted by Gasteiger charge is 2.19. The molecule has 0 aliphatic rings. The summed E-state index contributed by atoms with van der Waals surface area (Å²) in [6.07, 6.45) is 65.3. The molecule has 0 spiro atoms. The molecule has 0 amide bonds. The van der Waals surface area contributed by atoms with Gasteiger partial charge in [0.2, 0.25) is 0 Å². The summed E-state index contributed by atoms with van der Waals surface area (Å²) in [7, 11) is 0. The van der Waals surface area contributed by atoms with Crippen LogP contribution in [0.4, 0.5) is 0 Å². The van der Waals surface area contributed by atoms with E-state index in [1.165, 1.54) is 180 Å². The van der Waals surface area contributed by atoms with E-state index in [1.807, 2.05) is 0 Å². The Bertz CT molecular complexity index is 1140. The zero-order valence-corrected chi connectivity index (χ0v) is 43.3. The maximum Gasteiger partial charge on any atom is 0.306 e. The van der Waals surface area contributed by atoms with Crippen molar-refractivity contribution in [1.29, 1.82) is 0 Å². The average molecular weight is 911 g/mol. The summed E-state index contributed by atoms with van der Waals surface area (Å²) < 4.78 is 16.8. The Labute approximate surface area is 403 Å². The largest absolute Gasteiger partial charge is 0.462 e. The van der Waals surface area contributed by atoms with Gasteiger partial charge in [0.25, 0.3) is 0 Å². The van der Waals surface area contributed by atoms with E-state index in [0.717, 1.165) is 64.2 Å². The first-order valence-corrected chi connectivity index (χ1v) is 28.1. The average Bonchev–Trinajstić information content (AvgIpc) is 3.30. The Balaban J connectivity index is 4.42. The van der Waals surface area contributed by atoms with Gasteiger partial charge in [0.15, 0.2) is 6.10 Å². The second-order valence-corrected chi connectivity index (χ2v) is 18.8. The van der Waals surface area contributed by atoms with E-state index in [-0.39, 0.29) is 31.1 Å². The number of ether oxygens (including phenoxy) is 3. The van der Waals surface area contributed by atoms with Gasteiger partial charge < -0.3 is 14.2 Å². The Hall–Kier alpha value is -2.63. The van der Waals surface area contributed by atoms with Crippen molar-refractivity contribution in [2.24, 2.45) is 0 Å². The monoisotopic (exact) mass is 911 g/mol. The van der Waals surface area contributed by atoms with Gasteiger partial charge in [0, 0.05) is 19.3 Å². The summed E-state index contributed by atoms with van der Waals surface area (Å²) >= 11 is 0. The topological polar surface area (TPSA) is 78.9 Å². The molecule has 0 bridgehead atoms. The molecule has 0 aliphatic carbocycles. The van der Waals surface area contributed by atoms with E-state index in [4.69, 9.17) is 14.2 Å². The van der Waals surface area contributed by atoms with E-state index in [0.29, 0.717) is 25.7 Å². The quantitative estimate of drug-likeness (QED) is 0.0262. The molecule has 6 heteroatoms. The maximum atomic E-state index is 12.8. The normalized spacial score (nSPS) is 12.4. The predicted octanol–water partition coefficient (Wildman–Crippen LogP) is 18.7. The second-order valence-electron chi connectivity index (χ2n) is 18.8. The van der Waals surface area contributed by atoms with Gasteiger partial charge in [-0.1, -0.05) is 243 Å². The number of hydrogen-bond acceptors (Lipinski definition) is 6. The first-order valence-electron chi connectivity index (χ1n) is 28.1. The molecule has 0 rings (SSSR count). The van der Waals surface area contributed by atoms with Crippen molar-refractivity contribution in [2.45, 2.75) is 297 Å². The molecule has 65 heavy (non-hydrogen) atoms. The zero-order chi connectivity index (χ0) is 47.2. The van der Waals surface area contributed by atoms with Crippen LogP contribution in [0.1, 0.15) is 290 Å². The SMILES string of the molecule is CCCCCC/C=C\CCCCCCCC(=O)OC[C@@H](COC(=O)CCC/C=C\C/C=C\C/C=C\CCCCCCCC)OC(=O)CCCCCCCCCCCCCCCCCCC. The van der Waals surface area contributed by atoms with Crippen LogP contribution in [0.5, 0.6) is 0 Å². The van der Waals surface area contributed by atoms with Crippen LogP contribution in [-0.2, 0) is 28.6 Å². The highest BCUT2D eigenvalue weighted by Crippen LogP contribution is 2.16. The van der Waals surface area contributed by atoms with Crippen LogP contribution in [0.25, 0.3) is 0 Å². The number of carbonyl (C=O) groups is 3.